The molecule has 2 rings (SSSR count). The van der Waals surface area contributed by atoms with Crippen molar-refractivity contribution in [2.75, 3.05) is 6.61 Å². The molecule has 1 aromatic rings. The number of alkyl halides is 1. The zero-order valence-corrected chi connectivity index (χ0v) is 9.52. The molecule has 1 fully saturated rings. The number of aryl methyl sites for hydroxylation is 1. The molecule has 2 heterocycles. The Balaban J connectivity index is 1.89. The van der Waals surface area contributed by atoms with E-state index in [9.17, 15) is 0 Å². The minimum atomic E-state index is -0.149. The van der Waals surface area contributed by atoms with Gasteiger partial charge in [0.25, 0.3) is 0 Å². The molecule has 1 saturated heterocycles. The topological polar surface area (TPSA) is 52.8 Å². The molecule has 1 aliphatic rings. The minimum Gasteiger partial charge on any atom is -0.378 e. The van der Waals surface area contributed by atoms with Crippen LogP contribution in [0.25, 0.3) is 0 Å². The second-order valence-electron chi connectivity index (χ2n) is 3.80. The Morgan fingerprint density at radius 1 is 1.67 bits per heavy atom. The number of halogens is 1. The van der Waals surface area contributed by atoms with E-state index in [1.807, 2.05) is 6.92 Å². The fourth-order valence-electron chi connectivity index (χ4n) is 1.79. The van der Waals surface area contributed by atoms with Crippen LogP contribution in [0, 0.1) is 0 Å². The summed E-state index contributed by atoms with van der Waals surface area (Å²) >= 11 is 5.95. The number of hydrogen-bond acceptors (Lipinski definition) is 4. The molecular formula is C9H15ClN4O. The highest BCUT2D eigenvalue weighted by Crippen LogP contribution is 2.18. The number of aromatic nitrogens is 4. The first kappa shape index (κ1) is 10.8. The third kappa shape index (κ3) is 2.66. The van der Waals surface area contributed by atoms with Crippen LogP contribution in [0.1, 0.15) is 37.4 Å². The van der Waals surface area contributed by atoms with Crippen molar-refractivity contribution in [2.24, 2.45) is 0 Å². The molecule has 0 radical (unpaired) electrons. The molecular weight excluding hydrogens is 216 g/mol. The van der Waals surface area contributed by atoms with Crippen molar-refractivity contribution in [3.63, 3.8) is 0 Å². The van der Waals surface area contributed by atoms with Crippen LogP contribution in [0.2, 0.25) is 0 Å². The molecule has 6 heteroatoms. The maximum Gasteiger partial charge on any atom is 0.168 e. The molecule has 0 N–H and O–H groups in total. The Morgan fingerprint density at radius 2 is 2.53 bits per heavy atom. The zero-order valence-electron chi connectivity index (χ0n) is 8.77. The molecule has 0 aliphatic carbocycles. The molecule has 2 unspecified atom stereocenters. The van der Waals surface area contributed by atoms with Gasteiger partial charge >= 0.3 is 0 Å². The number of tetrazole rings is 1. The van der Waals surface area contributed by atoms with Gasteiger partial charge in [0.2, 0.25) is 0 Å². The number of nitrogens with zero attached hydrogens (tertiary/aromatic N) is 4. The van der Waals surface area contributed by atoms with Crippen molar-refractivity contribution < 1.29 is 4.74 Å². The molecule has 0 aromatic carbocycles. The van der Waals surface area contributed by atoms with Gasteiger partial charge in [0, 0.05) is 13.2 Å². The zero-order chi connectivity index (χ0) is 10.7. The summed E-state index contributed by atoms with van der Waals surface area (Å²) in [5.41, 5.74) is 0. The molecule has 1 aliphatic heterocycles. The van der Waals surface area contributed by atoms with Gasteiger partial charge in [-0.15, -0.1) is 16.7 Å². The number of rotatable bonds is 4. The van der Waals surface area contributed by atoms with Gasteiger partial charge in [0.05, 0.1) is 11.5 Å². The maximum atomic E-state index is 5.95. The molecule has 0 amide bonds. The van der Waals surface area contributed by atoms with E-state index in [1.54, 1.807) is 4.68 Å². The Morgan fingerprint density at radius 3 is 3.20 bits per heavy atom. The molecule has 84 valence electrons. The predicted molar refractivity (Wildman–Crippen MR) is 55.7 cm³/mol. The highest BCUT2D eigenvalue weighted by molar-refractivity contribution is 6.20. The fourth-order valence-corrected chi connectivity index (χ4v) is 1.95. The molecule has 1 aromatic heterocycles. The molecule has 0 bridgehead atoms. The van der Waals surface area contributed by atoms with Gasteiger partial charge < -0.3 is 4.74 Å². The summed E-state index contributed by atoms with van der Waals surface area (Å²) in [5, 5.41) is 11.3. The minimum absolute atomic E-state index is 0.149. The van der Waals surface area contributed by atoms with Crippen molar-refractivity contribution in [1.29, 1.82) is 0 Å². The van der Waals surface area contributed by atoms with Gasteiger partial charge in [0.15, 0.2) is 5.82 Å². The fraction of sp³-hybridized carbons (Fsp3) is 0.889. The van der Waals surface area contributed by atoms with E-state index in [1.165, 1.54) is 6.42 Å². The monoisotopic (exact) mass is 230 g/mol. The lowest BCUT2D eigenvalue weighted by Crippen LogP contribution is -2.13. The average Bonchev–Trinajstić information content (AvgIpc) is 2.86. The third-order valence-electron chi connectivity index (χ3n) is 2.60. The van der Waals surface area contributed by atoms with Crippen LogP contribution >= 0.6 is 11.6 Å². The summed E-state index contributed by atoms with van der Waals surface area (Å²) in [7, 11) is 0. The van der Waals surface area contributed by atoms with Crippen LogP contribution < -0.4 is 0 Å². The first-order valence-corrected chi connectivity index (χ1v) is 5.72. The summed E-state index contributed by atoms with van der Waals surface area (Å²) < 4.78 is 7.30. The Bertz CT molecular complexity index is 309. The smallest absolute Gasteiger partial charge is 0.168 e. The second kappa shape index (κ2) is 4.90. The molecule has 2 atom stereocenters. The summed E-state index contributed by atoms with van der Waals surface area (Å²) in [5.74, 6) is 0.731. The van der Waals surface area contributed by atoms with Gasteiger partial charge in [-0.05, 0) is 36.6 Å². The van der Waals surface area contributed by atoms with Crippen LogP contribution in [-0.4, -0.2) is 32.9 Å². The summed E-state index contributed by atoms with van der Waals surface area (Å²) in [4.78, 5) is 0. The summed E-state index contributed by atoms with van der Waals surface area (Å²) in [6.07, 6.45) is 3.64. The molecule has 15 heavy (non-hydrogen) atoms. The van der Waals surface area contributed by atoms with Crippen molar-refractivity contribution in [1.82, 2.24) is 20.2 Å². The van der Waals surface area contributed by atoms with E-state index in [0.29, 0.717) is 6.10 Å². The quantitative estimate of drug-likeness (QED) is 0.737. The number of hydrogen-bond donors (Lipinski definition) is 0. The Hall–Kier alpha value is -0.680. The van der Waals surface area contributed by atoms with E-state index < -0.39 is 0 Å². The SMILES string of the molecule is CC(Cl)c1nnnn1CCC1CCCO1. The normalized spacial score (nSPS) is 23.2. The van der Waals surface area contributed by atoms with Gasteiger partial charge in [-0.25, -0.2) is 4.68 Å². The van der Waals surface area contributed by atoms with Crippen LogP contribution in [0.4, 0.5) is 0 Å². The maximum absolute atomic E-state index is 5.95. The third-order valence-corrected chi connectivity index (χ3v) is 2.80. The lowest BCUT2D eigenvalue weighted by Gasteiger charge is -2.10. The van der Waals surface area contributed by atoms with E-state index in [-0.39, 0.29) is 5.38 Å². The van der Waals surface area contributed by atoms with Gasteiger partial charge in [-0.3, -0.25) is 0 Å². The van der Waals surface area contributed by atoms with Crippen LogP contribution in [0.3, 0.4) is 0 Å². The highest BCUT2D eigenvalue weighted by atomic mass is 35.5. The predicted octanol–water partition coefficient (Wildman–Crippen LogP) is 1.54. The first-order valence-electron chi connectivity index (χ1n) is 5.29. The van der Waals surface area contributed by atoms with E-state index in [4.69, 9.17) is 16.3 Å². The van der Waals surface area contributed by atoms with Crippen LogP contribution in [0.5, 0.6) is 0 Å². The Kier molecular flexibility index (Phi) is 3.53. The van der Waals surface area contributed by atoms with E-state index >= 15 is 0 Å². The summed E-state index contributed by atoms with van der Waals surface area (Å²) in [6, 6.07) is 0. The Labute approximate surface area is 93.7 Å². The first-order chi connectivity index (χ1) is 7.27. The van der Waals surface area contributed by atoms with E-state index in [0.717, 1.165) is 31.8 Å². The number of ether oxygens (including phenoxy) is 1. The highest BCUT2D eigenvalue weighted by Gasteiger charge is 2.17. The molecule has 0 saturated carbocycles. The van der Waals surface area contributed by atoms with Crippen LogP contribution in [0.15, 0.2) is 0 Å². The van der Waals surface area contributed by atoms with Crippen molar-refractivity contribution >= 4 is 11.6 Å². The van der Waals surface area contributed by atoms with Crippen molar-refractivity contribution in [2.45, 2.75) is 44.2 Å². The lowest BCUT2D eigenvalue weighted by molar-refractivity contribution is 0.0990. The van der Waals surface area contributed by atoms with Crippen molar-refractivity contribution in [3.05, 3.63) is 5.82 Å². The molecule has 5 nitrogen and oxygen atoms in total. The average molecular weight is 231 g/mol. The van der Waals surface area contributed by atoms with E-state index in [2.05, 4.69) is 15.5 Å². The van der Waals surface area contributed by atoms with Crippen LogP contribution in [-0.2, 0) is 11.3 Å². The second-order valence-corrected chi connectivity index (χ2v) is 4.45. The van der Waals surface area contributed by atoms with Gasteiger partial charge in [0.1, 0.15) is 0 Å². The standard InChI is InChI=1S/C9H15ClN4O/c1-7(10)9-11-12-13-14(9)5-4-8-3-2-6-15-8/h7-8H,2-6H2,1H3. The van der Waals surface area contributed by atoms with Gasteiger partial charge in [-0.1, -0.05) is 0 Å². The largest absolute Gasteiger partial charge is 0.378 e. The lowest BCUT2D eigenvalue weighted by atomic mass is 10.2. The summed E-state index contributed by atoms with van der Waals surface area (Å²) in [6.45, 7) is 3.54. The molecule has 0 spiro atoms. The van der Waals surface area contributed by atoms with Crippen molar-refractivity contribution in [3.8, 4) is 0 Å². The van der Waals surface area contributed by atoms with Gasteiger partial charge in [-0.2, -0.15) is 0 Å².